The molecule has 0 bridgehead atoms. The minimum atomic E-state index is -1.22. The second-order valence-electron chi connectivity index (χ2n) is 20.7. The van der Waals surface area contributed by atoms with Crippen LogP contribution in [0, 0.1) is 5.92 Å². The Bertz CT molecular complexity index is 2790. The van der Waals surface area contributed by atoms with Crippen molar-refractivity contribution < 1.29 is 38.2 Å². The molecule has 0 aliphatic carbocycles. The summed E-state index contributed by atoms with van der Waals surface area (Å²) in [5.41, 5.74) is 4.11. The lowest BCUT2D eigenvalue weighted by Gasteiger charge is -2.36. The van der Waals surface area contributed by atoms with Crippen LogP contribution in [0.3, 0.4) is 0 Å². The number of ether oxygens (including phenoxy) is 3. The molecule has 5 aromatic rings. The zero-order valence-electron chi connectivity index (χ0n) is 46.0. The van der Waals surface area contributed by atoms with Gasteiger partial charge in [-0.1, -0.05) is 71.7 Å². The van der Waals surface area contributed by atoms with Crippen molar-refractivity contribution in [2.75, 3.05) is 81.3 Å². The van der Waals surface area contributed by atoms with Crippen LogP contribution in [0.4, 0.5) is 0 Å². The highest BCUT2D eigenvalue weighted by molar-refractivity contribution is 6.31. The first kappa shape index (κ1) is 59.3. The smallest absolute Gasteiger partial charge is 0.247 e. The van der Waals surface area contributed by atoms with E-state index in [1.54, 1.807) is 49.3 Å². The maximum Gasteiger partial charge on any atom is 0.247 e. The van der Waals surface area contributed by atoms with Gasteiger partial charge in [0.05, 0.1) is 50.7 Å². The van der Waals surface area contributed by atoms with Crippen LogP contribution in [-0.4, -0.2) is 169 Å². The number of rotatable bonds is 17. The second kappa shape index (κ2) is 28.5. The maximum atomic E-state index is 15.7. The zero-order valence-corrected chi connectivity index (χ0v) is 47.5. The van der Waals surface area contributed by atoms with Crippen LogP contribution < -0.4 is 15.4 Å². The number of hydrogen-bond donors (Lipinski definition) is 2. The van der Waals surface area contributed by atoms with Gasteiger partial charge >= 0.3 is 0 Å². The first-order valence-corrected chi connectivity index (χ1v) is 27.4. The Hall–Kier alpha value is -6.34. The number of hydrogen-bond acceptors (Lipinski definition) is 11. The standard InChI is InChI=1S/C59H75Cl2N9O8/c1-40-35-63-55(71)34-48(31-42-15-20-46(60)21-16-42)67(5)59(75)50(39-76-7)64-57(73)51(14-11-25-69-26-28-77-29-27-69)70(56(72)32-45(58(74)66(40)4)30-41-12-9-8-10-13-41)37-44-17-22-47(61)33-53(44)78-49-23-18-43(19-24-49)52-36-62-54(68(52)6)38-65(2)3/h8-10,12-13,15-24,33,36,40,45,48,50-51H,11,14,25-32,34-35,37-39H2,1-7H3,(H,63,71)(H,64,73)/t40-,45+,48-,50-,51-/m0/s1. The fourth-order valence-corrected chi connectivity index (χ4v) is 10.3. The Balaban J connectivity index is 1.30. The summed E-state index contributed by atoms with van der Waals surface area (Å²) in [7, 11) is 10.7. The molecule has 7 rings (SSSR count). The Morgan fingerprint density at radius 3 is 2.19 bits per heavy atom. The molecule has 5 atom stereocenters. The van der Waals surface area contributed by atoms with Gasteiger partial charge in [-0.15, -0.1) is 0 Å². The summed E-state index contributed by atoms with van der Waals surface area (Å²) in [6.07, 6.45) is 2.71. The number of carbonyl (C=O) groups excluding carboxylic acids is 5. The summed E-state index contributed by atoms with van der Waals surface area (Å²) < 4.78 is 19.9. The summed E-state index contributed by atoms with van der Waals surface area (Å²) in [5, 5.41) is 6.94. The Labute approximate surface area is 469 Å². The molecule has 2 aliphatic heterocycles. The predicted octanol–water partition coefficient (Wildman–Crippen LogP) is 6.87. The van der Waals surface area contributed by atoms with Gasteiger partial charge < -0.3 is 49.0 Å². The molecule has 2 N–H and O–H groups in total. The molecule has 78 heavy (non-hydrogen) atoms. The van der Waals surface area contributed by atoms with Gasteiger partial charge in [0.2, 0.25) is 29.5 Å². The van der Waals surface area contributed by atoms with Crippen LogP contribution in [0.15, 0.2) is 103 Å². The van der Waals surface area contributed by atoms with E-state index in [1.165, 1.54) is 16.9 Å². The molecule has 2 aliphatic rings. The van der Waals surface area contributed by atoms with Crippen molar-refractivity contribution >= 4 is 52.7 Å². The van der Waals surface area contributed by atoms with Crippen molar-refractivity contribution in [2.45, 2.75) is 82.7 Å². The van der Waals surface area contributed by atoms with E-state index in [1.807, 2.05) is 101 Å². The molecule has 1 aromatic heterocycles. The summed E-state index contributed by atoms with van der Waals surface area (Å²) in [6.45, 7) is 5.51. The van der Waals surface area contributed by atoms with Crippen LogP contribution in [0.5, 0.6) is 11.5 Å². The number of aromatic nitrogens is 2. The largest absolute Gasteiger partial charge is 0.457 e. The van der Waals surface area contributed by atoms with Crippen molar-refractivity contribution in [1.29, 1.82) is 0 Å². The van der Waals surface area contributed by atoms with Crippen LogP contribution in [-0.2, 0) is 66.4 Å². The number of carbonyl (C=O) groups is 5. The van der Waals surface area contributed by atoms with Gasteiger partial charge in [0, 0.05) is 94.0 Å². The van der Waals surface area contributed by atoms with Crippen molar-refractivity contribution in [3.63, 3.8) is 0 Å². The van der Waals surface area contributed by atoms with E-state index in [2.05, 4.69) is 30.0 Å². The molecule has 418 valence electrons. The highest BCUT2D eigenvalue weighted by Crippen LogP contribution is 2.33. The lowest BCUT2D eigenvalue weighted by Crippen LogP contribution is -2.58. The fourth-order valence-electron chi connectivity index (χ4n) is 9.97. The number of nitrogens with zero attached hydrogens (tertiary/aromatic N) is 7. The molecule has 19 heteroatoms. The lowest BCUT2D eigenvalue weighted by molar-refractivity contribution is -0.147. The molecule has 0 saturated carbocycles. The van der Waals surface area contributed by atoms with Crippen LogP contribution in [0.2, 0.25) is 10.0 Å². The third-order valence-electron chi connectivity index (χ3n) is 14.7. The molecule has 2 fully saturated rings. The summed E-state index contributed by atoms with van der Waals surface area (Å²) in [4.78, 5) is 88.3. The number of imidazole rings is 1. The number of halogens is 2. The van der Waals surface area contributed by atoms with Crippen molar-refractivity contribution in [1.82, 2.24) is 44.7 Å². The third-order valence-corrected chi connectivity index (χ3v) is 15.2. The van der Waals surface area contributed by atoms with Crippen LogP contribution >= 0.6 is 23.2 Å². The van der Waals surface area contributed by atoms with Crippen molar-refractivity contribution in [3.8, 4) is 22.8 Å². The zero-order chi connectivity index (χ0) is 55.9. The van der Waals surface area contributed by atoms with Gasteiger partial charge in [0.15, 0.2) is 0 Å². The highest BCUT2D eigenvalue weighted by Gasteiger charge is 2.38. The molecule has 4 aromatic carbocycles. The summed E-state index contributed by atoms with van der Waals surface area (Å²) in [5.74, 6) is -1.25. The number of amides is 5. The molecule has 0 unspecified atom stereocenters. The first-order chi connectivity index (χ1) is 37.5. The van der Waals surface area contributed by atoms with E-state index in [0.717, 1.165) is 28.2 Å². The van der Waals surface area contributed by atoms with E-state index in [0.29, 0.717) is 79.3 Å². The molecule has 5 amide bonds. The second-order valence-corrected chi connectivity index (χ2v) is 21.6. The van der Waals surface area contributed by atoms with E-state index in [9.17, 15) is 14.4 Å². The monoisotopic (exact) mass is 1110 g/mol. The van der Waals surface area contributed by atoms with Gasteiger partial charge in [-0.2, -0.15) is 0 Å². The number of methoxy groups -OCH3 is 1. The normalized spacial score (nSPS) is 20.9. The third kappa shape index (κ3) is 16.4. The first-order valence-electron chi connectivity index (χ1n) is 26.7. The highest BCUT2D eigenvalue weighted by atomic mass is 35.5. The molecule has 0 spiro atoms. The van der Waals surface area contributed by atoms with Crippen molar-refractivity contribution in [3.05, 3.63) is 136 Å². The fraction of sp³-hybridized carbons (Fsp3) is 0.458. The van der Waals surface area contributed by atoms with Gasteiger partial charge in [0.25, 0.3) is 0 Å². The molecule has 0 radical (unpaired) electrons. The van der Waals surface area contributed by atoms with E-state index >= 15 is 9.59 Å². The molecular weight excluding hydrogens is 1030 g/mol. The average Bonchev–Trinajstić information content (AvgIpc) is 3.82. The predicted molar refractivity (Wildman–Crippen MR) is 302 cm³/mol. The summed E-state index contributed by atoms with van der Waals surface area (Å²) >= 11 is 13.0. The Morgan fingerprint density at radius 2 is 1.50 bits per heavy atom. The molecular formula is C59H75Cl2N9O8. The summed E-state index contributed by atoms with van der Waals surface area (Å²) in [6, 6.07) is 25.9. The van der Waals surface area contributed by atoms with Crippen LogP contribution in [0.1, 0.15) is 55.1 Å². The lowest BCUT2D eigenvalue weighted by atomic mass is 9.92. The molecule has 3 heterocycles. The number of morpholine rings is 1. The number of nitrogens with one attached hydrogen (secondary N) is 2. The van der Waals surface area contributed by atoms with E-state index < -0.39 is 47.8 Å². The Kier molecular flexibility index (Phi) is 21.7. The van der Waals surface area contributed by atoms with E-state index in [4.69, 9.17) is 37.4 Å². The SMILES string of the molecule is COC[C@@H]1NC(=O)[C@H](CCCN2CCOCC2)N(Cc2ccc(Cl)cc2Oc2ccc(-c3cnc(CN(C)C)n3C)cc2)C(=O)C[C@@H](Cc2ccccc2)C(=O)N(C)[C@@H](C)CNC(=O)C[C@H](Cc2ccc(Cl)cc2)N(C)C1=O. The van der Waals surface area contributed by atoms with Gasteiger partial charge in [-0.05, 0) is 113 Å². The van der Waals surface area contributed by atoms with Gasteiger partial charge in [-0.25, -0.2) is 4.98 Å². The van der Waals surface area contributed by atoms with E-state index in [-0.39, 0.29) is 57.2 Å². The Morgan fingerprint density at radius 1 is 0.808 bits per heavy atom. The minimum absolute atomic E-state index is 0.0795. The quantitative estimate of drug-likeness (QED) is 0.0996. The number of likely N-dealkylation sites (N-methyl/N-ethyl adjacent to an activating group) is 2. The van der Waals surface area contributed by atoms with Gasteiger partial charge in [-0.3, -0.25) is 28.9 Å². The van der Waals surface area contributed by atoms with Crippen molar-refractivity contribution in [2.24, 2.45) is 13.0 Å². The van der Waals surface area contributed by atoms with Crippen LogP contribution in [0.25, 0.3) is 11.3 Å². The number of benzene rings is 4. The molecule has 17 nitrogen and oxygen atoms in total. The topological polar surface area (TPSA) is 171 Å². The maximum absolute atomic E-state index is 15.7. The minimum Gasteiger partial charge on any atom is -0.457 e. The molecule has 2 saturated heterocycles. The van der Waals surface area contributed by atoms with Gasteiger partial charge in [0.1, 0.15) is 29.4 Å². The average molecular weight is 1110 g/mol.